The number of imide groups is 1. The molecule has 1 aliphatic heterocycles. The zero-order valence-corrected chi connectivity index (χ0v) is 12.2. The summed E-state index contributed by atoms with van der Waals surface area (Å²) in [7, 11) is 0. The summed E-state index contributed by atoms with van der Waals surface area (Å²) in [5.41, 5.74) is 0. The minimum Gasteiger partial charge on any atom is -0.326 e. The third-order valence-corrected chi connectivity index (χ3v) is 3.84. The molecule has 2 heterocycles. The highest BCUT2D eigenvalue weighted by Crippen LogP contribution is 2.19. The molecule has 3 amide bonds. The second-order valence-electron chi connectivity index (χ2n) is 5.54. The molecule has 0 saturated carbocycles. The normalized spacial score (nSPS) is 21.9. The summed E-state index contributed by atoms with van der Waals surface area (Å²) in [6.45, 7) is 6.56. The van der Waals surface area contributed by atoms with Gasteiger partial charge in [-0.05, 0) is 25.3 Å². The molecule has 1 N–H and O–H groups in total. The maximum Gasteiger partial charge on any atom is 0.325 e. The molecular weight excluding hydrogens is 256 g/mol. The van der Waals surface area contributed by atoms with E-state index < -0.39 is 0 Å². The Hall–Kier alpha value is -1.85. The van der Waals surface area contributed by atoms with Gasteiger partial charge in [-0.2, -0.15) is 5.10 Å². The molecule has 0 radical (unpaired) electrons. The zero-order chi connectivity index (χ0) is 14.7. The van der Waals surface area contributed by atoms with Crippen LogP contribution in [0, 0.1) is 5.92 Å². The number of nitrogens with one attached hydrogen (secondary N) is 1. The van der Waals surface area contributed by atoms with E-state index >= 15 is 0 Å². The second-order valence-corrected chi connectivity index (χ2v) is 5.54. The molecule has 1 aromatic rings. The van der Waals surface area contributed by atoms with Gasteiger partial charge < -0.3 is 5.32 Å². The van der Waals surface area contributed by atoms with Crippen LogP contribution < -0.4 is 5.32 Å². The molecule has 20 heavy (non-hydrogen) atoms. The quantitative estimate of drug-likeness (QED) is 0.804. The summed E-state index contributed by atoms with van der Waals surface area (Å²) in [4.78, 5) is 25.7. The van der Waals surface area contributed by atoms with Crippen molar-refractivity contribution in [2.75, 3.05) is 0 Å². The number of hydrogen-bond acceptors (Lipinski definition) is 3. The minimum absolute atomic E-state index is 0.116. The van der Waals surface area contributed by atoms with Gasteiger partial charge >= 0.3 is 6.03 Å². The Labute approximate surface area is 119 Å². The fourth-order valence-electron chi connectivity index (χ4n) is 2.46. The van der Waals surface area contributed by atoms with Crippen molar-refractivity contribution in [1.29, 1.82) is 0 Å². The average Bonchev–Trinajstić information content (AvgIpc) is 2.98. The summed E-state index contributed by atoms with van der Waals surface area (Å²) in [5, 5.41) is 6.89. The van der Waals surface area contributed by atoms with E-state index in [0.717, 1.165) is 6.42 Å². The van der Waals surface area contributed by atoms with Gasteiger partial charge in [0.1, 0.15) is 6.04 Å². The van der Waals surface area contributed by atoms with Crippen LogP contribution in [0.5, 0.6) is 0 Å². The highest BCUT2D eigenvalue weighted by molar-refractivity contribution is 6.04. The van der Waals surface area contributed by atoms with Crippen LogP contribution in [0.4, 0.5) is 4.79 Å². The molecule has 0 aliphatic carbocycles. The van der Waals surface area contributed by atoms with Gasteiger partial charge in [0.15, 0.2) is 0 Å². The van der Waals surface area contributed by atoms with Crippen LogP contribution in [0.15, 0.2) is 18.5 Å². The van der Waals surface area contributed by atoms with E-state index in [1.807, 2.05) is 19.2 Å². The number of carbonyl (C=O) groups is 2. The Morgan fingerprint density at radius 2 is 2.15 bits per heavy atom. The molecule has 3 atom stereocenters. The monoisotopic (exact) mass is 278 g/mol. The molecule has 1 fully saturated rings. The molecule has 0 aromatic carbocycles. The fraction of sp³-hybridized carbons (Fsp3) is 0.643. The maximum absolute atomic E-state index is 12.4. The molecule has 1 aromatic heterocycles. The predicted molar refractivity (Wildman–Crippen MR) is 74.9 cm³/mol. The van der Waals surface area contributed by atoms with Crippen molar-refractivity contribution in [1.82, 2.24) is 20.0 Å². The standard InChI is InChI=1S/C14H22N4O2/c1-4-10(2)8-12-13(19)18(14(20)16-12)11(3)9-17-7-5-6-15-17/h5-7,10-12H,4,8-9H2,1-3H3,(H,16,20). The first-order valence-corrected chi connectivity index (χ1v) is 7.14. The number of aromatic nitrogens is 2. The SMILES string of the molecule is CCC(C)CC1NC(=O)N(C(C)Cn2cccn2)C1=O. The van der Waals surface area contributed by atoms with Crippen molar-refractivity contribution < 1.29 is 9.59 Å². The van der Waals surface area contributed by atoms with Crippen LogP contribution in [0.3, 0.4) is 0 Å². The van der Waals surface area contributed by atoms with E-state index in [1.165, 1.54) is 4.90 Å². The van der Waals surface area contributed by atoms with Crippen molar-refractivity contribution >= 4 is 11.9 Å². The number of nitrogens with zero attached hydrogens (tertiary/aromatic N) is 3. The first-order chi connectivity index (χ1) is 9.52. The number of rotatable bonds is 6. The van der Waals surface area contributed by atoms with E-state index in [0.29, 0.717) is 18.9 Å². The van der Waals surface area contributed by atoms with Crippen molar-refractivity contribution in [3.8, 4) is 0 Å². The van der Waals surface area contributed by atoms with E-state index in [4.69, 9.17) is 0 Å². The first kappa shape index (κ1) is 14.6. The average molecular weight is 278 g/mol. The van der Waals surface area contributed by atoms with Gasteiger partial charge in [-0.25, -0.2) is 4.79 Å². The number of hydrogen-bond donors (Lipinski definition) is 1. The Bertz CT molecular complexity index is 472. The molecule has 110 valence electrons. The third kappa shape index (κ3) is 3.00. The van der Waals surface area contributed by atoms with Crippen LogP contribution in [0.25, 0.3) is 0 Å². The van der Waals surface area contributed by atoms with Gasteiger partial charge in [-0.15, -0.1) is 0 Å². The van der Waals surface area contributed by atoms with Gasteiger partial charge in [-0.1, -0.05) is 20.3 Å². The number of carbonyl (C=O) groups excluding carboxylic acids is 2. The van der Waals surface area contributed by atoms with Crippen LogP contribution in [-0.4, -0.2) is 38.7 Å². The lowest BCUT2D eigenvalue weighted by atomic mass is 9.99. The minimum atomic E-state index is -0.377. The third-order valence-electron chi connectivity index (χ3n) is 3.84. The fourth-order valence-corrected chi connectivity index (χ4v) is 2.46. The molecule has 2 rings (SSSR count). The Balaban J connectivity index is 2.01. The van der Waals surface area contributed by atoms with E-state index in [9.17, 15) is 9.59 Å². The highest BCUT2D eigenvalue weighted by Gasteiger charge is 2.40. The second kappa shape index (κ2) is 6.07. The van der Waals surface area contributed by atoms with Crippen LogP contribution in [0.2, 0.25) is 0 Å². The van der Waals surface area contributed by atoms with Gasteiger partial charge in [0, 0.05) is 12.4 Å². The molecule has 3 unspecified atom stereocenters. The van der Waals surface area contributed by atoms with Crippen LogP contribution in [0.1, 0.15) is 33.6 Å². The van der Waals surface area contributed by atoms with Gasteiger partial charge in [0.05, 0.1) is 12.6 Å². The van der Waals surface area contributed by atoms with Crippen molar-refractivity contribution in [3.63, 3.8) is 0 Å². The van der Waals surface area contributed by atoms with E-state index in [2.05, 4.69) is 24.3 Å². The number of amides is 3. The predicted octanol–water partition coefficient (Wildman–Crippen LogP) is 1.63. The van der Waals surface area contributed by atoms with Crippen LogP contribution in [-0.2, 0) is 11.3 Å². The lowest BCUT2D eigenvalue weighted by Crippen LogP contribution is -2.41. The smallest absolute Gasteiger partial charge is 0.325 e. The summed E-state index contributed by atoms with van der Waals surface area (Å²) in [6.07, 6.45) is 5.21. The molecule has 1 aliphatic rings. The Kier molecular flexibility index (Phi) is 4.42. The summed E-state index contributed by atoms with van der Waals surface area (Å²) >= 11 is 0. The largest absolute Gasteiger partial charge is 0.326 e. The summed E-state index contributed by atoms with van der Waals surface area (Å²) < 4.78 is 1.73. The summed E-state index contributed by atoms with van der Waals surface area (Å²) in [6, 6.07) is 0.953. The van der Waals surface area contributed by atoms with Gasteiger partial charge in [0.25, 0.3) is 5.91 Å². The molecule has 0 spiro atoms. The molecule has 0 bridgehead atoms. The molecule has 6 nitrogen and oxygen atoms in total. The number of urea groups is 1. The first-order valence-electron chi connectivity index (χ1n) is 7.14. The summed E-state index contributed by atoms with van der Waals surface area (Å²) in [5.74, 6) is 0.306. The maximum atomic E-state index is 12.4. The molecular formula is C14H22N4O2. The van der Waals surface area contributed by atoms with Gasteiger partial charge in [0.2, 0.25) is 0 Å². The molecule has 1 saturated heterocycles. The Morgan fingerprint density at radius 1 is 1.40 bits per heavy atom. The zero-order valence-electron chi connectivity index (χ0n) is 12.2. The highest BCUT2D eigenvalue weighted by atomic mass is 16.2. The topological polar surface area (TPSA) is 67.2 Å². The van der Waals surface area contributed by atoms with Crippen molar-refractivity contribution in [3.05, 3.63) is 18.5 Å². The van der Waals surface area contributed by atoms with E-state index in [-0.39, 0.29) is 24.0 Å². The van der Waals surface area contributed by atoms with Crippen molar-refractivity contribution in [2.24, 2.45) is 5.92 Å². The Morgan fingerprint density at radius 3 is 2.75 bits per heavy atom. The lowest BCUT2D eigenvalue weighted by molar-refractivity contribution is -0.129. The van der Waals surface area contributed by atoms with Crippen molar-refractivity contribution in [2.45, 2.75) is 52.2 Å². The van der Waals surface area contributed by atoms with Gasteiger partial charge in [-0.3, -0.25) is 14.4 Å². The lowest BCUT2D eigenvalue weighted by Gasteiger charge is -2.21. The van der Waals surface area contributed by atoms with E-state index in [1.54, 1.807) is 10.9 Å². The molecule has 6 heteroatoms. The van der Waals surface area contributed by atoms with Crippen LogP contribution >= 0.6 is 0 Å².